The first kappa shape index (κ1) is 17.2. The fourth-order valence-corrected chi connectivity index (χ4v) is 2.75. The standard InChI is InChI=1S/C17H33N3/c1-7-16(8-2)20-11-10-15(19-20)12-17(18-9-3)14(6)13(4)5/h10-11,13-14,16-18H,7-9,12H2,1-6H3. The average Bonchev–Trinajstić information content (AvgIpc) is 2.87. The SMILES string of the molecule is CCNC(Cc1ccn(C(CC)CC)n1)C(C)C(C)C. The molecule has 0 spiro atoms. The molecule has 0 radical (unpaired) electrons. The number of aromatic nitrogens is 2. The highest BCUT2D eigenvalue weighted by Crippen LogP contribution is 2.19. The number of hydrogen-bond donors (Lipinski definition) is 1. The summed E-state index contributed by atoms with van der Waals surface area (Å²) >= 11 is 0. The van der Waals surface area contributed by atoms with Gasteiger partial charge in [0.1, 0.15) is 0 Å². The Balaban J connectivity index is 2.74. The van der Waals surface area contributed by atoms with Crippen LogP contribution in [0.5, 0.6) is 0 Å². The molecule has 3 nitrogen and oxygen atoms in total. The third-order valence-corrected chi connectivity index (χ3v) is 4.56. The number of nitrogens with one attached hydrogen (secondary N) is 1. The Morgan fingerprint density at radius 1 is 1.15 bits per heavy atom. The molecule has 0 aromatic carbocycles. The Hall–Kier alpha value is -0.830. The molecule has 0 aliphatic carbocycles. The Labute approximate surface area is 125 Å². The lowest BCUT2D eigenvalue weighted by Crippen LogP contribution is -2.39. The van der Waals surface area contributed by atoms with Crippen LogP contribution in [0.3, 0.4) is 0 Å². The Kier molecular flexibility index (Phi) is 7.28. The molecular formula is C17H33N3. The molecule has 1 heterocycles. The van der Waals surface area contributed by atoms with Crippen LogP contribution >= 0.6 is 0 Å². The Morgan fingerprint density at radius 3 is 2.30 bits per heavy atom. The number of rotatable bonds is 9. The van der Waals surface area contributed by atoms with Gasteiger partial charge in [-0.15, -0.1) is 0 Å². The van der Waals surface area contributed by atoms with Gasteiger partial charge in [0.25, 0.3) is 0 Å². The zero-order valence-electron chi connectivity index (χ0n) is 14.2. The molecule has 0 amide bonds. The van der Waals surface area contributed by atoms with Crippen molar-refractivity contribution in [2.45, 2.75) is 72.9 Å². The second-order valence-corrected chi connectivity index (χ2v) is 6.23. The molecule has 1 aromatic heterocycles. The Bertz CT molecular complexity index is 366. The van der Waals surface area contributed by atoms with Gasteiger partial charge in [0.2, 0.25) is 0 Å². The summed E-state index contributed by atoms with van der Waals surface area (Å²) in [6.45, 7) is 14.6. The zero-order chi connectivity index (χ0) is 15.1. The summed E-state index contributed by atoms with van der Waals surface area (Å²) in [5.74, 6) is 1.36. The van der Waals surface area contributed by atoms with Crippen LogP contribution in [0.25, 0.3) is 0 Å². The summed E-state index contributed by atoms with van der Waals surface area (Å²) < 4.78 is 2.15. The van der Waals surface area contributed by atoms with Crippen LogP contribution in [0.4, 0.5) is 0 Å². The predicted octanol–water partition coefficient (Wildman–Crippen LogP) is 4.06. The van der Waals surface area contributed by atoms with Crippen LogP contribution < -0.4 is 5.32 Å². The highest BCUT2D eigenvalue weighted by atomic mass is 15.3. The zero-order valence-corrected chi connectivity index (χ0v) is 14.2. The van der Waals surface area contributed by atoms with Gasteiger partial charge >= 0.3 is 0 Å². The smallest absolute Gasteiger partial charge is 0.0640 e. The van der Waals surface area contributed by atoms with Gasteiger partial charge < -0.3 is 5.32 Å². The maximum atomic E-state index is 4.79. The number of likely N-dealkylation sites (N-methyl/N-ethyl adjacent to an activating group) is 1. The normalized spacial score (nSPS) is 15.0. The van der Waals surface area contributed by atoms with Crippen molar-refractivity contribution in [1.29, 1.82) is 0 Å². The minimum Gasteiger partial charge on any atom is -0.314 e. The van der Waals surface area contributed by atoms with Crippen LogP contribution in [0, 0.1) is 11.8 Å². The van der Waals surface area contributed by atoms with Crippen LogP contribution in [-0.4, -0.2) is 22.4 Å². The largest absolute Gasteiger partial charge is 0.314 e. The molecule has 0 aliphatic rings. The van der Waals surface area contributed by atoms with E-state index < -0.39 is 0 Å². The third kappa shape index (κ3) is 4.62. The second-order valence-electron chi connectivity index (χ2n) is 6.23. The van der Waals surface area contributed by atoms with Gasteiger partial charge in [0.15, 0.2) is 0 Å². The second kappa shape index (κ2) is 8.46. The molecule has 116 valence electrons. The van der Waals surface area contributed by atoms with Gasteiger partial charge in [-0.25, -0.2) is 0 Å². The lowest BCUT2D eigenvalue weighted by atomic mass is 9.87. The summed E-state index contributed by atoms with van der Waals surface area (Å²) in [6.07, 6.45) is 5.48. The van der Waals surface area contributed by atoms with Crippen molar-refractivity contribution < 1.29 is 0 Å². The average molecular weight is 279 g/mol. The van der Waals surface area contributed by atoms with Crippen molar-refractivity contribution in [3.05, 3.63) is 18.0 Å². The molecule has 0 fully saturated rings. The van der Waals surface area contributed by atoms with Gasteiger partial charge in [-0.3, -0.25) is 4.68 Å². The van der Waals surface area contributed by atoms with Gasteiger partial charge in [0, 0.05) is 18.7 Å². The first-order valence-corrected chi connectivity index (χ1v) is 8.30. The van der Waals surface area contributed by atoms with Gasteiger partial charge in [-0.05, 0) is 37.3 Å². The van der Waals surface area contributed by atoms with Gasteiger partial charge in [0.05, 0.1) is 11.7 Å². The summed E-state index contributed by atoms with van der Waals surface area (Å²) in [5.41, 5.74) is 1.22. The van der Waals surface area contributed by atoms with Crippen LogP contribution in [-0.2, 0) is 6.42 Å². The maximum Gasteiger partial charge on any atom is 0.0640 e. The molecule has 0 bridgehead atoms. The molecule has 0 saturated carbocycles. The fraction of sp³-hybridized carbons (Fsp3) is 0.824. The molecule has 1 aromatic rings. The highest BCUT2D eigenvalue weighted by Gasteiger charge is 2.21. The third-order valence-electron chi connectivity index (χ3n) is 4.56. The van der Waals surface area contributed by atoms with E-state index in [-0.39, 0.29) is 0 Å². The van der Waals surface area contributed by atoms with Gasteiger partial charge in [-0.2, -0.15) is 5.10 Å². The Morgan fingerprint density at radius 2 is 1.80 bits per heavy atom. The number of hydrogen-bond acceptors (Lipinski definition) is 2. The minimum atomic E-state index is 0.519. The van der Waals surface area contributed by atoms with E-state index in [0.29, 0.717) is 23.9 Å². The summed E-state index contributed by atoms with van der Waals surface area (Å²) in [4.78, 5) is 0. The molecule has 3 heteroatoms. The van der Waals surface area contributed by atoms with E-state index in [0.717, 1.165) is 25.8 Å². The molecule has 1 N–H and O–H groups in total. The molecular weight excluding hydrogens is 246 g/mol. The first-order valence-electron chi connectivity index (χ1n) is 8.30. The van der Waals surface area contributed by atoms with E-state index in [1.165, 1.54) is 5.69 Å². The highest BCUT2D eigenvalue weighted by molar-refractivity contribution is 5.03. The molecule has 1 rings (SSSR count). The molecule has 0 aliphatic heterocycles. The van der Waals surface area contributed by atoms with Crippen molar-refractivity contribution in [3.63, 3.8) is 0 Å². The van der Waals surface area contributed by atoms with Crippen molar-refractivity contribution in [1.82, 2.24) is 15.1 Å². The van der Waals surface area contributed by atoms with E-state index in [2.05, 4.69) is 63.8 Å². The number of nitrogens with zero attached hydrogens (tertiary/aromatic N) is 2. The molecule has 20 heavy (non-hydrogen) atoms. The van der Waals surface area contributed by atoms with Crippen molar-refractivity contribution in [2.24, 2.45) is 11.8 Å². The quantitative estimate of drug-likeness (QED) is 0.739. The lowest BCUT2D eigenvalue weighted by Gasteiger charge is -2.27. The van der Waals surface area contributed by atoms with Crippen molar-refractivity contribution in [2.75, 3.05) is 6.54 Å². The van der Waals surface area contributed by atoms with Crippen LogP contribution in [0.2, 0.25) is 0 Å². The van der Waals surface area contributed by atoms with Crippen LogP contribution in [0.1, 0.15) is 66.1 Å². The first-order chi connectivity index (χ1) is 9.53. The van der Waals surface area contributed by atoms with Crippen LogP contribution in [0.15, 0.2) is 12.3 Å². The van der Waals surface area contributed by atoms with E-state index in [4.69, 9.17) is 5.10 Å². The van der Waals surface area contributed by atoms with E-state index in [1.807, 2.05) is 0 Å². The topological polar surface area (TPSA) is 29.9 Å². The molecule has 2 unspecified atom stereocenters. The molecule has 2 atom stereocenters. The van der Waals surface area contributed by atoms with Crippen molar-refractivity contribution in [3.8, 4) is 0 Å². The van der Waals surface area contributed by atoms with Gasteiger partial charge in [-0.1, -0.05) is 41.5 Å². The monoisotopic (exact) mass is 279 g/mol. The summed E-state index contributed by atoms with van der Waals surface area (Å²) in [7, 11) is 0. The lowest BCUT2D eigenvalue weighted by molar-refractivity contribution is 0.297. The molecule has 0 saturated heterocycles. The predicted molar refractivity (Wildman–Crippen MR) is 87.0 cm³/mol. The van der Waals surface area contributed by atoms with E-state index in [1.54, 1.807) is 0 Å². The summed E-state index contributed by atoms with van der Waals surface area (Å²) in [5, 5.41) is 8.42. The van der Waals surface area contributed by atoms with E-state index in [9.17, 15) is 0 Å². The fourth-order valence-electron chi connectivity index (χ4n) is 2.75. The minimum absolute atomic E-state index is 0.519. The summed E-state index contributed by atoms with van der Waals surface area (Å²) in [6, 6.07) is 3.25. The maximum absolute atomic E-state index is 4.79. The van der Waals surface area contributed by atoms with E-state index >= 15 is 0 Å². The van der Waals surface area contributed by atoms with Crippen molar-refractivity contribution >= 4 is 0 Å².